The summed E-state index contributed by atoms with van der Waals surface area (Å²) in [6.07, 6.45) is 1.21. The molecule has 2 aromatic carbocycles. The lowest BCUT2D eigenvalue weighted by atomic mass is 10.1. The van der Waals surface area contributed by atoms with Crippen LogP contribution in [0.25, 0.3) is 6.08 Å². The molecule has 0 bridgehead atoms. The molecule has 0 aliphatic carbocycles. The molecule has 1 aliphatic rings. The number of barbiturate groups is 1. The number of carbonyl (C=O) groups excluding carboxylic acids is 3. The first-order chi connectivity index (χ1) is 11.9. The van der Waals surface area contributed by atoms with Crippen LogP contribution >= 0.6 is 11.6 Å². The molecule has 126 valence electrons. The van der Waals surface area contributed by atoms with Gasteiger partial charge >= 0.3 is 6.03 Å². The van der Waals surface area contributed by atoms with Gasteiger partial charge in [0.1, 0.15) is 5.57 Å². The lowest BCUT2D eigenvalue weighted by Gasteiger charge is -2.26. The molecule has 2 aromatic rings. The molecule has 1 aliphatic heterocycles. The Balaban J connectivity index is 2.01. The summed E-state index contributed by atoms with van der Waals surface area (Å²) in [7, 11) is 0. The topological polar surface area (TPSA) is 107 Å². The maximum absolute atomic E-state index is 12.6. The summed E-state index contributed by atoms with van der Waals surface area (Å²) in [6.45, 7) is 0. The van der Waals surface area contributed by atoms with Gasteiger partial charge in [0.15, 0.2) is 11.5 Å². The maximum atomic E-state index is 12.6. The molecule has 0 spiro atoms. The molecule has 0 aromatic heterocycles. The zero-order valence-electron chi connectivity index (χ0n) is 12.6. The summed E-state index contributed by atoms with van der Waals surface area (Å²) >= 11 is 5.80. The normalized spacial score (nSPS) is 16.3. The van der Waals surface area contributed by atoms with E-state index < -0.39 is 23.6 Å². The van der Waals surface area contributed by atoms with E-state index in [4.69, 9.17) is 11.6 Å². The Morgan fingerprint density at radius 1 is 0.960 bits per heavy atom. The van der Waals surface area contributed by atoms with Gasteiger partial charge < -0.3 is 10.2 Å². The van der Waals surface area contributed by atoms with Crippen molar-refractivity contribution in [3.63, 3.8) is 0 Å². The van der Waals surface area contributed by atoms with Crippen LogP contribution in [-0.2, 0) is 9.59 Å². The minimum atomic E-state index is -0.872. The largest absolute Gasteiger partial charge is 0.504 e. The highest BCUT2D eigenvalue weighted by Gasteiger charge is 2.36. The van der Waals surface area contributed by atoms with Gasteiger partial charge in [-0.2, -0.15) is 0 Å². The molecule has 3 rings (SSSR count). The first kappa shape index (κ1) is 16.5. The molecule has 1 saturated heterocycles. The van der Waals surface area contributed by atoms with E-state index in [1.54, 1.807) is 0 Å². The summed E-state index contributed by atoms with van der Waals surface area (Å²) in [5, 5.41) is 21.4. The smallest absolute Gasteiger partial charge is 0.335 e. The molecule has 7 nitrogen and oxygen atoms in total. The molecule has 8 heteroatoms. The number of aromatic hydroxyl groups is 2. The van der Waals surface area contributed by atoms with Crippen molar-refractivity contribution in [3.05, 3.63) is 58.6 Å². The van der Waals surface area contributed by atoms with Crippen LogP contribution in [0.4, 0.5) is 10.5 Å². The Labute approximate surface area is 146 Å². The number of hydrogen-bond acceptors (Lipinski definition) is 5. The Bertz CT molecular complexity index is 921. The summed E-state index contributed by atoms with van der Waals surface area (Å²) in [5.74, 6) is -2.40. The van der Waals surface area contributed by atoms with Crippen molar-refractivity contribution in [1.29, 1.82) is 0 Å². The number of rotatable bonds is 2. The Kier molecular flexibility index (Phi) is 4.16. The van der Waals surface area contributed by atoms with Gasteiger partial charge in [-0.05, 0) is 48.0 Å². The van der Waals surface area contributed by atoms with E-state index in [1.807, 2.05) is 0 Å². The van der Waals surface area contributed by atoms with E-state index in [1.165, 1.54) is 48.5 Å². The van der Waals surface area contributed by atoms with E-state index in [2.05, 4.69) is 5.32 Å². The van der Waals surface area contributed by atoms with Crippen LogP contribution in [0.5, 0.6) is 11.5 Å². The molecular formula is C17H11ClN2O5. The minimum Gasteiger partial charge on any atom is -0.504 e. The number of phenols is 2. The highest BCUT2D eigenvalue weighted by molar-refractivity contribution is 6.39. The van der Waals surface area contributed by atoms with Crippen LogP contribution in [-0.4, -0.2) is 28.1 Å². The van der Waals surface area contributed by atoms with Crippen LogP contribution < -0.4 is 10.2 Å². The molecule has 25 heavy (non-hydrogen) atoms. The maximum Gasteiger partial charge on any atom is 0.335 e. The predicted molar refractivity (Wildman–Crippen MR) is 90.2 cm³/mol. The number of carbonyl (C=O) groups is 3. The molecule has 0 radical (unpaired) electrons. The van der Waals surface area contributed by atoms with Crippen LogP contribution in [0.1, 0.15) is 5.56 Å². The van der Waals surface area contributed by atoms with E-state index in [0.717, 1.165) is 4.90 Å². The number of phenolic OH excluding ortho intramolecular Hbond substituents is 2. The first-order valence-electron chi connectivity index (χ1n) is 7.06. The zero-order valence-corrected chi connectivity index (χ0v) is 13.3. The zero-order chi connectivity index (χ0) is 18.1. The second-order valence-electron chi connectivity index (χ2n) is 5.18. The standard InChI is InChI=1S/C17H11ClN2O5/c18-10-2-4-11(5-3-10)20-16(24)12(15(23)19-17(20)25)7-9-1-6-13(21)14(22)8-9/h1-8,21-22H,(H,19,23,25)/b12-7-. The lowest BCUT2D eigenvalue weighted by Crippen LogP contribution is -2.54. The minimum absolute atomic E-state index is 0.249. The van der Waals surface area contributed by atoms with Crippen molar-refractivity contribution < 1.29 is 24.6 Å². The highest BCUT2D eigenvalue weighted by atomic mass is 35.5. The number of nitrogens with one attached hydrogen (secondary N) is 1. The highest BCUT2D eigenvalue weighted by Crippen LogP contribution is 2.27. The fourth-order valence-electron chi connectivity index (χ4n) is 2.28. The summed E-state index contributed by atoms with van der Waals surface area (Å²) < 4.78 is 0. The molecule has 1 fully saturated rings. The third-order valence-electron chi connectivity index (χ3n) is 3.50. The fraction of sp³-hybridized carbons (Fsp3) is 0. The van der Waals surface area contributed by atoms with E-state index in [-0.39, 0.29) is 17.0 Å². The average Bonchev–Trinajstić information content (AvgIpc) is 2.56. The second kappa shape index (κ2) is 6.29. The van der Waals surface area contributed by atoms with Gasteiger partial charge in [-0.25, -0.2) is 9.69 Å². The number of amides is 4. The quantitative estimate of drug-likeness (QED) is 0.434. The van der Waals surface area contributed by atoms with Crippen molar-refractivity contribution in [2.75, 3.05) is 4.90 Å². The van der Waals surface area contributed by atoms with E-state index in [9.17, 15) is 24.6 Å². The van der Waals surface area contributed by atoms with Gasteiger partial charge in [0.05, 0.1) is 5.69 Å². The summed E-state index contributed by atoms with van der Waals surface area (Å²) in [6, 6.07) is 8.90. The molecule has 0 atom stereocenters. The molecule has 3 N–H and O–H groups in total. The number of anilines is 1. The van der Waals surface area contributed by atoms with Crippen molar-refractivity contribution in [3.8, 4) is 11.5 Å². The second-order valence-corrected chi connectivity index (χ2v) is 5.62. The molecular weight excluding hydrogens is 348 g/mol. The molecule has 0 unspecified atom stereocenters. The Morgan fingerprint density at radius 3 is 2.28 bits per heavy atom. The van der Waals surface area contributed by atoms with E-state index >= 15 is 0 Å². The number of urea groups is 1. The number of benzene rings is 2. The Hall–Kier alpha value is -3.32. The average molecular weight is 359 g/mol. The van der Waals surface area contributed by atoms with E-state index in [0.29, 0.717) is 10.6 Å². The van der Waals surface area contributed by atoms with Crippen LogP contribution in [0.2, 0.25) is 5.02 Å². The molecule has 4 amide bonds. The van der Waals surface area contributed by atoms with Gasteiger partial charge in [0.25, 0.3) is 11.8 Å². The van der Waals surface area contributed by atoms with Gasteiger partial charge in [-0.15, -0.1) is 0 Å². The number of hydrogen-bond donors (Lipinski definition) is 3. The fourth-order valence-corrected chi connectivity index (χ4v) is 2.41. The van der Waals surface area contributed by atoms with Crippen molar-refractivity contribution in [1.82, 2.24) is 5.32 Å². The number of imide groups is 2. The SMILES string of the molecule is O=C1NC(=O)N(c2ccc(Cl)cc2)C(=O)/C1=C\c1ccc(O)c(O)c1. The monoisotopic (exact) mass is 358 g/mol. The summed E-state index contributed by atoms with van der Waals surface area (Å²) in [4.78, 5) is 37.5. The van der Waals surface area contributed by atoms with Crippen molar-refractivity contribution in [2.45, 2.75) is 0 Å². The molecule has 0 saturated carbocycles. The van der Waals surface area contributed by atoms with Gasteiger partial charge in [-0.1, -0.05) is 17.7 Å². The van der Waals surface area contributed by atoms with Crippen LogP contribution in [0.3, 0.4) is 0 Å². The van der Waals surface area contributed by atoms with Crippen molar-refractivity contribution in [2.24, 2.45) is 0 Å². The first-order valence-corrected chi connectivity index (χ1v) is 7.43. The van der Waals surface area contributed by atoms with Gasteiger partial charge in [0, 0.05) is 5.02 Å². The summed E-state index contributed by atoms with van der Waals surface area (Å²) in [5.41, 5.74) is 0.262. The van der Waals surface area contributed by atoms with Gasteiger partial charge in [0.2, 0.25) is 0 Å². The number of nitrogens with zero attached hydrogens (tertiary/aromatic N) is 1. The van der Waals surface area contributed by atoms with Crippen molar-refractivity contribution >= 4 is 41.2 Å². The number of halogens is 1. The van der Waals surface area contributed by atoms with Crippen LogP contribution in [0, 0.1) is 0 Å². The lowest BCUT2D eigenvalue weighted by molar-refractivity contribution is -0.122. The Morgan fingerprint density at radius 2 is 1.64 bits per heavy atom. The molecule has 1 heterocycles. The third kappa shape index (κ3) is 3.17. The van der Waals surface area contributed by atoms with Gasteiger partial charge in [-0.3, -0.25) is 14.9 Å². The predicted octanol–water partition coefficient (Wildman–Crippen LogP) is 2.42. The third-order valence-corrected chi connectivity index (χ3v) is 3.75. The van der Waals surface area contributed by atoms with Crippen LogP contribution in [0.15, 0.2) is 48.0 Å².